The smallest absolute Gasteiger partial charge is 0.264 e. The monoisotopic (exact) mass is 460 g/mol. The van der Waals surface area contributed by atoms with E-state index in [1.165, 1.54) is 0 Å². The molecule has 2 rings (SSSR count). The molecule has 0 spiro atoms. The molecule has 6 nitrogen and oxygen atoms in total. The van der Waals surface area contributed by atoms with Gasteiger partial charge in [-0.1, -0.05) is 62.9 Å². The van der Waals surface area contributed by atoms with E-state index in [0.29, 0.717) is 30.5 Å². The number of unbranched alkanes of at least 4 members (excludes halogenated alkanes) is 1. The molecule has 0 radical (unpaired) electrons. The topological polar surface area (TPSA) is 75.7 Å². The van der Waals surface area contributed by atoms with Crippen molar-refractivity contribution >= 4 is 21.6 Å². The van der Waals surface area contributed by atoms with Crippen molar-refractivity contribution in [1.29, 1.82) is 0 Å². The number of nitrogens with one attached hydrogen (secondary N) is 1. The minimum Gasteiger partial charge on any atom is -0.492 e. The fourth-order valence-corrected chi connectivity index (χ4v) is 4.90. The number of aryl methyl sites for hydroxylation is 1. The lowest BCUT2D eigenvalue weighted by Gasteiger charge is -2.26. The van der Waals surface area contributed by atoms with Crippen LogP contribution in [-0.4, -0.2) is 34.0 Å². The average molecular weight is 461 g/mol. The van der Waals surface area contributed by atoms with Crippen LogP contribution in [0.3, 0.4) is 0 Å². The van der Waals surface area contributed by atoms with Crippen molar-refractivity contribution in [3.8, 4) is 5.75 Å². The van der Waals surface area contributed by atoms with E-state index in [2.05, 4.69) is 19.2 Å². The lowest BCUT2D eigenvalue weighted by atomic mass is 9.99. The summed E-state index contributed by atoms with van der Waals surface area (Å²) in [4.78, 5) is 13.0. The molecule has 1 atom stereocenters. The second kappa shape index (κ2) is 12.5. The van der Waals surface area contributed by atoms with Gasteiger partial charge in [0.05, 0.1) is 17.2 Å². The van der Waals surface area contributed by atoms with Gasteiger partial charge in [-0.3, -0.25) is 9.10 Å². The van der Waals surface area contributed by atoms with Crippen LogP contribution in [0, 0.1) is 12.8 Å². The number of carbonyl (C=O) groups is 1. The van der Waals surface area contributed by atoms with Crippen LogP contribution in [-0.2, 0) is 14.8 Å². The van der Waals surface area contributed by atoms with E-state index in [-0.39, 0.29) is 17.3 Å². The van der Waals surface area contributed by atoms with Crippen molar-refractivity contribution < 1.29 is 17.9 Å². The zero-order valence-electron chi connectivity index (χ0n) is 19.6. The summed E-state index contributed by atoms with van der Waals surface area (Å²) in [7, 11) is -3.97. The summed E-state index contributed by atoms with van der Waals surface area (Å²) in [6, 6.07) is 13.5. The van der Waals surface area contributed by atoms with E-state index >= 15 is 0 Å². The van der Waals surface area contributed by atoms with E-state index in [1.807, 2.05) is 13.8 Å². The quantitative estimate of drug-likeness (QED) is 0.460. The van der Waals surface area contributed by atoms with Crippen LogP contribution in [0.4, 0.5) is 5.69 Å². The Labute approximate surface area is 193 Å². The van der Waals surface area contributed by atoms with Crippen molar-refractivity contribution in [2.45, 2.75) is 58.3 Å². The number of anilines is 1. The number of hydrogen-bond acceptors (Lipinski definition) is 4. The highest BCUT2D eigenvalue weighted by molar-refractivity contribution is 7.92. The summed E-state index contributed by atoms with van der Waals surface area (Å²) in [5.41, 5.74) is 1.31. The van der Waals surface area contributed by atoms with Gasteiger partial charge in [-0.25, -0.2) is 8.42 Å². The SMILES string of the molecule is CCCC[C@H](CC)CNC(=O)CN(c1ccccc1OCC)S(=O)(=O)c1ccc(C)cc1. The molecule has 0 heterocycles. The van der Waals surface area contributed by atoms with Crippen molar-refractivity contribution in [2.75, 3.05) is 24.0 Å². The third-order valence-electron chi connectivity index (χ3n) is 5.46. The van der Waals surface area contributed by atoms with Crippen molar-refractivity contribution in [3.63, 3.8) is 0 Å². The van der Waals surface area contributed by atoms with Gasteiger partial charge in [0, 0.05) is 6.54 Å². The highest BCUT2D eigenvalue weighted by Gasteiger charge is 2.29. The number of amides is 1. The number of nitrogens with zero attached hydrogens (tertiary/aromatic N) is 1. The number of carbonyl (C=O) groups excluding carboxylic acids is 1. The van der Waals surface area contributed by atoms with Crippen LogP contribution in [0.5, 0.6) is 5.75 Å². The molecular weight excluding hydrogens is 424 g/mol. The summed E-state index contributed by atoms with van der Waals surface area (Å²) in [6.45, 7) is 8.61. The van der Waals surface area contributed by atoms with Crippen LogP contribution in [0.2, 0.25) is 0 Å². The van der Waals surface area contributed by atoms with Gasteiger partial charge in [-0.15, -0.1) is 0 Å². The molecule has 0 saturated carbocycles. The van der Waals surface area contributed by atoms with Gasteiger partial charge < -0.3 is 10.1 Å². The highest BCUT2D eigenvalue weighted by Crippen LogP contribution is 2.32. The summed E-state index contributed by atoms with van der Waals surface area (Å²) < 4.78 is 33.9. The number of para-hydroxylation sites is 2. The Hall–Kier alpha value is -2.54. The number of sulfonamides is 1. The normalized spacial score (nSPS) is 12.2. The maximum Gasteiger partial charge on any atom is 0.264 e. The minimum atomic E-state index is -3.97. The van der Waals surface area contributed by atoms with Gasteiger partial charge >= 0.3 is 0 Å². The van der Waals surface area contributed by atoms with Crippen LogP contribution >= 0.6 is 0 Å². The van der Waals surface area contributed by atoms with E-state index in [0.717, 1.165) is 35.6 Å². The Morgan fingerprint density at radius 3 is 2.38 bits per heavy atom. The van der Waals surface area contributed by atoms with E-state index in [4.69, 9.17) is 4.74 Å². The third-order valence-corrected chi connectivity index (χ3v) is 7.24. The molecule has 0 aliphatic rings. The highest BCUT2D eigenvalue weighted by atomic mass is 32.2. The zero-order chi connectivity index (χ0) is 23.6. The molecular formula is C25H36N2O4S. The molecule has 1 amide bonds. The summed E-state index contributed by atoms with van der Waals surface area (Å²) >= 11 is 0. The van der Waals surface area contributed by atoms with Gasteiger partial charge in [0.1, 0.15) is 12.3 Å². The molecule has 0 fully saturated rings. The van der Waals surface area contributed by atoms with Crippen molar-refractivity contribution in [2.24, 2.45) is 5.92 Å². The predicted molar refractivity (Wildman–Crippen MR) is 130 cm³/mol. The molecule has 0 bridgehead atoms. The first-order valence-electron chi connectivity index (χ1n) is 11.4. The number of rotatable bonds is 13. The maximum absolute atomic E-state index is 13.6. The second-order valence-corrected chi connectivity index (χ2v) is 9.81. The van der Waals surface area contributed by atoms with Gasteiger partial charge in [0.15, 0.2) is 0 Å². The molecule has 0 saturated heterocycles. The number of benzene rings is 2. The Bertz CT molecular complexity index is 958. The van der Waals surface area contributed by atoms with E-state index in [9.17, 15) is 13.2 Å². The van der Waals surface area contributed by atoms with Crippen LogP contribution in [0.15, 0.2) is 53.4 Å². The summed E-state index contributed by atoms with van der Waals surface area (Å²) in [6.07, 6.45) is 4.25. The lowest BCUT2D eigenvalue weighted by Crippen LogP contribution is -2.42. The fourth-order valence-electron chi connectivity index (χ4n) is 3.47. The molecule has 7 heteroatoms. The van der Waals surface area contributed by atoms with Gasteiger partial charge in [-0.05, 0) is 50.5 Å². The van der Waals surface area contributed by atoms with E-state index in [1.54, 1.807) is 48.5 Å². The van der Waals surface area contributed by atoms with Crippen LogP contribution in [0.1, 0.15) is 52.0 Å². The van der Waals surface area contributed by atoms with Gasteiger partial charge in [0.2, 0.25) is 5.91 Å². The maximum atomic E-state index is 13.6. The van der Waals surface area contributed by atoms with Gasteiger partial charge in [0.25, 0.3) is 10.0 Å². The molecule has 2 aromatic carbocycles. The van der Waals surface area contributed by atoms with Crippen molar-refractivity contribution in [3.05, 3.63) is 54.1 Å². The Balaban J connectivity index is 2.33. The summed E-state index contributed by atoms with van der Waals surface area (Å²) in [5, 5.41) is 2.94. The summed E-state index contributed by atoms with van der Waals surface area (Å²) in [5.74, 6) is 0.478. The number of ether oxygens (including phenoxy) is 1. The molecule has 0 aromatic heterocycles. The Morgan fingerprint density at radius 1 is 1.06 bits per heavy atom. The zero-order valence-corrected chi connectivity index (χ0v) is 20.5. The molecule has 1 N–H and O–H groups in total. The first-order valence-corrected chi connectivity index (χ1v) is 12.8. The molecule has 0 unspecified atom stereocenters. The van der Waals surface area contributed by atoms with Gasteiger partial charge in [-0.2, -0.15) is 0 Å². The Morgan fingerprint density at radius 2 is 1.75 bits per heavy atom. The molecule has 0 aliphatic carbocycles. The first kappa shape index (κ1) is 25.7. The van der Waals surface area contributed by atoms with E-state index < -0.39 is 10.0 Å². The van der Waals surface area contributed by atoms with Crippen LogP contribution < -0.4 is 14.4 Å². The average Bonchev–Trinajstić information content (AvgIpc) is 2.78. The van der Waals surface area contributed by atoms with Crippen LogP contribution in [0.25, 0.3) is 0 Å². The third kappa shape index (κ3) is 6.99. The molecule has 0 aliphatic heterocycles. The first-order chi connectivity index (χ1) is 15.3. The Kier molecular flexibility index (Phi) is 10.0. The fraction of sp³-hybridized carbons (Fsp3) is 0.480. The standard InChI is InChI=1S/C25H36N2O4S/c1-5-8-11-21(6-2)18-26-25(28)19-27(23-12-9-10-13-24(23)31-7-3)32(29,30)22-16-14-20(4)15-17-22/h9-10,12-17,21H,5-8,11,18-19H2,1-4H3,(H,26,28)/t21-/m0/s1. The molecule has 176 valence electrons. The predicted octanol–water partition coefficient (Wildman–Crippen LogP) is 4.92. The van der Waals surface area contributed by atoms with Crippen molar-refractivity contribution in [1.82, 2.24) is 5.32 Å². The molecule has 32 heavy (non-hydrogen) atoms. The number of hydrogen-bond donors (Lipinski definition) is 1. The minimum absolute atomic E-state index is 0.136. The second-order valence-electron chi connectivity index (χ2n) is 7.95. The molecule has 2 aromatic rings. The largest absolute Gasteiger partial charge is 0.492 e. The lowest BCUT2D eigenvalue weighted by molar-refractivity contribution is -0.119.